The van der Waals surface area contributed by atoms with E-state index in [1.165, 1.54) is 0 Å². The molecule has 2 N–H and O–H groups in total. The zero-order valence-corrected chi connectivity index (χ0v) is 11.2. The highest BCUT2D eigenvalue weighted by atomic mass is 15.2. The standard InChI is InChI=1S/C11H10N6.C2H6/c1-7-9-6-13-11(15-10(9)17-16-7)14-8-3-2-4-12-5-8;1-2/h2-6H,1H3,(H2,13,14,15,16,17);1-2H3. The molecule has 0 saturated heterocycles. The van der Waals surface area contributed by atoms with Crippen LogP contribution in [0.4, 0.5) is 11.6 Å². The molecule has 0 spiro atoms. The number of nitrogens with one attached hydrogen (secondary N) is 2. The normalized spacial score (nSPS) is 9.84. The second-order valence-electron chi connectivity index (χ2n) is 3.65. The summed E-state index contributed by atoms with van der Waals surface area (Å²) in [4.78, 5) is 12.5. The molecule has 0 saturated carbocycles. The van der Waals surface area contributed by atoms with Gasteiger partial charge in [0.05, 0.1) is 17.3 Å². The van der Waals surface area contributed by atoms with E-state index in [2.05, 4.69) is 30.5 Å². The smallest absolute Gasteiger partial charge is 0.229 e. The van der Waals surface area contributed by atoms with E-state index in [1.807, 2.05) is 32.9 Å². The molecule has 19 heavy (non-hydrogen) atoms. The highest BCUT2D eigenvalue weighted by Crippen LogP contribution is 2.15. The average Bonchev–Trinajstić information content (AvgIpc) is 2.83. The van der Waals surface area contributed by atoms with E-state index in [0.29, 0.717) is 11.6 Å². The molecule has 0 aliphatic heterocycles. The summed E-state index contributed by atoms with van der Waals surface area (Å²) in [6.07, 6.45) is 5.18. The van der Waals surface area contributed by atoms with Crippen LogP contribution < -0.4 is 5.32 Å². The molecule has 0 amide bonds. The van der Waals surface area contributed by atoms with Gasteiger partial charge in [-0.1, -0.05) is 13.8 Å². The van der Waals surface area contributed by atoms with Gasteiger partial charge in [-0.05, 0) is 19.1 Å². The number of aryl methyl sites for hydroxylation is 1. The average molecular weight is 256 g/mol. The summed E-state index contributed by atoms with van der Waals surface area (Å²) in [5.41, 5.74) is 2.47. The monoisotopic (exact) mass is 256 g/mol. The van der Waals surface area contributed by atoms with E-state index in [9.17, 15) is 0 Å². The van der Waals surface area contributed by atoms with Crippen molar-refractivity contribution in [3.63, 3.8) is 0 Å². The summed E-state index contributed by atoms with van der Waals surface area (Å²) < 4.78 is 0. The van der Waals surface area contributed by atoms with Crippen LogP contribution in [0.3, 0.4) is 0 Å². The van der Waals surface area contributed by atoms with Gasteiger partial charge in [-0.2, -0.15) is 10.1 Å². The molecular weight excluding hydrogens is 240 g/mol. The summed E-state index contributed by atoms with van der Waals surface area (Å²) >= 11 is 0. The summed E-state index contributed by atoms with van der Waals surface area (Å²) in [5.74, 6) is 0.511. The Balaban J connectivity index is 0.000000637. The number of aromatic nitrogens is 5. The fraction of sp³-hybridized carbons (Fsp3) is 0.231. The van der Waals surface area contributed by atoms with Crippen molar-refractivity contribution in [3.8, 4) is 0 Å². The third-order valence-corrected chi connectivity index (χ3v) is 2.42. The molecule has 0 atom stereocenters. The minimum Gasteiger partial charge on any atom is -0.323 e. The Kier molecular flexibility index (Phi) is 4.02. The molecule has 6 heteroatoms. The van der Waals surface area contributed by atoms with Crippen LogP contribution in [0, 0.1) is 6.92 Å². The number of anilines is 2. The molecule has 0 aliphatic carbocycles. The minimum absolute atomic E-state index is 0.511. The van der Waals surface area contributed by atoms with Gasteiger partial charge in [-0.15, -0.1) is 0 Å². The quantitative estimate of drug-likeness (QED) is 0.737. The molecule has 0 radical (unpaired) electrons. The first-order chi connectivity index (χ1) is 9.33. The van der Waals surface area contributed by atoms with E-state index in [0.717, 1.165) is 16.8 Å². The van der Waals surface area contributed by atoms with Gasteiger partial charge in [0.15, 0.2) is 5.65 Å². The fourth-order valence-corrected chi connectivity index (χ4v) is 1.55. The van der Waals surface area contributed by atoms with Crippen molar-refractivity contribution in [1.82, 2.24) is 25.1 Å². The molecule has 0 unspecified atom stereocenters. The lowest BCUT2D eigenvalue weighted by Gasteiger charge is -2.02. The Morgan fingerprint density at radius 2 is 2.05 bits per heavy atom. The highest BCUT2D eigenvalue weighted by Gasteiger charge is 2.05. The van der Waals surface area contributed by atoms with Crippen LogP contribution in [0.1, 0.15) is 19.5 Å². The highest BCUT2D eigenvalue weighted by molar-refractivity contribution is 5.77. The molecule has 3 rings (SSSR count). The topological polar surface area (TPSA) is 79.4 Å². The van der Waals surface area contributed by atoms with Gasteiger partial charge in [0.1, 0.15) is 0 Å². The molecule has 3 heterocycles. The van der Waals surface area contributed by atoms with Crippen LogP contribution in [0.5, 0.6) is 0 Å². The lowest BCUT2D eigenvalue weighted by Crippen LogP contribution is -1.96. The van der Waals surface area contributed by atoms with Gasteiger partial charge >= 0.3 is 0 Å². The van der Waals surface area contributed by atoms with Gasteiger partial charge in [-0.3, -0.25) is 10.1 Å². The van der Waals surface area contributed by atoms with Crippen LogP contribution in [-0.4, -0.2) is 25.1 Å². The zero-order chi connectivity index (χ0) is 13.7. The van der Waals surface area contributed by atoms with Crippen LogP contribution in [-0.2, 0) is 0 Å². The molecule has 6 nitrogen and oxygen atoms in total. The lowest BCUT2D eigenvalue weighted by atomic mass is 10.3. The van der Waals surface area contributed by atoms with Gasteiger partial charge in [0.2, 0.25) is 5.95 Å². The number of hydrogen-bond acceptors (Lipinski definition) is 5. The lowest BCUT2D eigenvalue weighted by molar-refractivity contribution is 1.05. The van der Waals surface area contributed by atoms with Crippen LogP contribution >= 0.6 is 0 Å². The van der Waals surface area contributed by atoms with Gasteiger partial charge in [0.25, 0.3) is 0 Å². The van der Waals surface area contributed by atoms with Gasteiger partial charge in [-0.25, -0.2) is 4.98 Å². The summed E-state index contributed by atoms with van der Waals surface area (Å²) in [7, 11) is 0. The van der Waals surface area contributed by atoms with Gasteiger partial charge in [0, 0.05) is 18.1 Å². The Bertz CT molecular complexity index is 647. The molecule has 3 aromatic heterocycles. The predicted molar refractivity (Wildman–Crippen MR) is 75.3 cm³/mol. The maximum atomic E-state index is 4.30. The van der Waals surface area contributed by atoms with Crippen LogP contribution in [0.2, 0.25) is 0 Å². The fourth-order valence-electron chi connectivity index (χ4n) is 1.55. The van der Waals surface area contributed by atoms with E-state index in [4.69, 9.17) is 0 Å². The maximum Gasteiger partial charge on any atom is 0.229 e. The third kappa shape index (κ3) is 2.85. The first-order valence-electron chi connectivity index (χ1n) is 6.18. The first-order valence-corrected chi connectivity index (χ1v) is 6.18. The third-order valence-electron chi connectivity index (χ3n) is 2.42. The Morgan fingerprint density at radius 1 is 1.21 bits per heavy atom. The number of H-pyrrole nitrogens is 1. The van der Waals surface area contributed by atoms with Crippen molar-refractivity contribution in [1.29, 1.82) is 0 Å². The maximum absolute atomic E-state index is 4.30. The molecule has 3 aromatic rings. The Morgan fingerprint density at radius 3 is 2.79 bits per heavy atom. The largest absolute Gasteiger partial charge is 0.323 e. The number of hydrogen-bond donors (Lipinski definition) is 2. The van der Waals surface area contributed by atoms with Crippen molar-refractivity contribution >= 4 is 22.7 Å². The molecule has 0 aromatic carbocycles. The van der Waals surface area contributed by atoms with E-state index in [-0.39, 0.29) is 0 Å². The van der Waals surface area contributed by atoms with Crippen molar-refractivity contribution in [3.05, 3.63) is 36.4 Å². The van der Waals surface area contributed by atoms with Crippen LogP contribution in [0.15, 0.2) is 30.7 Å². The number of rotatable bonds is 2. The predicted octanol–water partition coefficient (Wildman–Crippen LogP) is 2.83. The summed E-state index contributed by atoms with van der Waals surface area (Å²) in [6.45, 7) is 5.94. The zero-order valence-electron chi connectivity index (χ0n) is 11.2. The SMILES string of the molecule is CC.Cc1[nH]nc2nc(Nc3cccnc3)ncc12. The molecule has 0 bridgehead atoms. The second kappa shape index (κ2) is 5.90. The van der Waals surface area contributed by atoms with Crippen molar-refractivity contribution in [2.45, 2.75) is 20.8 Å². The molecule has 0 aliphatic rings. The summed E-state index contributed by atoms with van der Waals surface area (Å²) in [6, 6.07) is 3.75. The number of aromatic amines is 1. The van der Waals surface area contributed by atoms with Crippen molar-refractivity contribution in [2.75, 3.05) is 5.32 Å². The number of fused-ring (bicyclic) bond motifs is 1. The molecular formula is C13H16N6. The van der Waals surface area contributed by atoms with E-state index < -0.39 is 0 Å². The van der Waals surface area contributed by atoms with Gasteiger partial charge < -0.3 is 5.32 Å². The number of pyridine rings is 1. The summed E-state index contributed by atoms with van der Waals surface area (Å²) in [5, 5.41) is 11.0. The Hall–Kier alpha value is -2.50. The second-order valence-corrected chi connectivity index (χ2v) is 3.65. The number of nitrogens with zero attached hydrogens (tertiary/aromatic N) is 4. The van der Waals surface area contributed by atoms with Crippen molar-refractivity contribution < 1.29 is 0 Å². The first kappa shape index (κ1) is 12.9. The van der Waals surface area contributed by atoms with Crippen molar-refractivity contribution in [2.24, 2.45) is 0 Å². The minimum atomic E-state index is 0.511. The van der Waals surface area contributed by atoms with Crippen LogP contribution in [0.25, 0.3) is 11.0 Å². The molecule has 0 fully saturated rings. The Labute approximate surface area is 111 Å². The van der Waals surface area contributed by atoms with E-state index >= 15 is 0 Å². The molecule has 98 valence electrons. The van der Waals surface area contributed by atoms with E-state index in [1.54, 1.807) is 18.6 Å².